The van der Waals surface area contributed by atoms with Gasteiger partial charge in [0.15, 0.2) is 0 Å². The smallest absolute Gasteiger partial charge is 0.437 e. The lowest BCUT2D eigenvalue weighted by atomic mass is 10.2. The van der Waals surface area contributed by atoms with Crippen LogP contribution >= 0.6 is 11.8 Å². The average Bonchev–Trinajstić information content (AvgIpc) is 2.43. The van der Waals surface area contributed by atoms with Crippen LogP contribution in [0.4, 0.5) is 10.5 Å². The first-order valence-electron chi connectivity index (χ1n) is 5.13. The molecule has 0 atom stereocenters. The molecule has 19 heavy (non-hydrogen) atoms. The minimum absolute atomic E-state index is 0.00823. The molecule has 0 aliphatic rings. The van der Waals surface area contributed by atoms with Crippen LogP contribution in [0.25, 0.3) is 0 Å². The first kappa shape index (κ1) is 15.0. The van der Waals surface area contributed by atoms with Gasteiger partial charge in [0.2, 0.25) is 0 Å². The van der Waals surface area contributed by atoms with Crippen molar-refractivity contribution in [3.8, 4) is 0 Å². The van der Waals surface area contributed by atoms with E-state index in [0.29, 0.717) is 5.56 Å². The topological polar surface area (TPSA) is 91.0 Å². The van der Waals surface area contributed by atoms with Gasteiger partial charge in [0.25, 0.3) is 10.9 Å². The molecule has 0 aliphatic heterocycles. The van der Waals surface area contributed by atoms with Gasteiger partial charge in [-0.3, -0.25) is 10.1 Å². The molecule has 0 saturated heterocycles. The molecule has 0 radical (unpaired) electrons. The molecule has 1 amide bonds. The summed E-state index contributed by atoms with van der Waals surface area (Å²) in [5.41, 5.74) is 0.620. The summed E-state index contributed by atoms with van der Waals surface area (Å²) in [4.78, 5) is 24.8. The summed E-state index contributed by atoms with van der Waals surface area (Å²) in [7, 11) is 1.40. The van der Waals surface area contributed by atoms with Crippen molar-refractivity contribution < 1.29 is 19.2 Å². The van der Waals surface area contributed by atoms with Crippen molar-refractivity contribution in [3.63, 3.8) is 0 Å². The minimum atomic E-state index is -0.774. The average molecular weight is 284 g/mol. The van der Waals surface area contributed by atoms with E-state index >= 15 is 0 Å². The summed E-state index contributed by atoms with van der Waals surface area (Å²) >= 11 is 1.18. The number of hydrogen-bond donors (Lipinski definition) is 0. The second-order valence-corrected chi connectivity index (χ2v) is 4.02. The fourth-order valence-corrected chi connectivity index (χ4v) is 1.47. The second kappa shape index (κ2) is 7.37. The van der Waals surface area contributed by atoms with Gasteiger partial charge in [-0.15, -0.1) is 4.99 Å². The molecule has 0 fully saturated rings. The summed E-state index contributed by atoms with van der Waals surface area (Å²) in [5.74, 6) is 0. The zero-order chi connectivity index (χ0) is 14.3. The highest BCUT2D eigenvalue weighted by Crippen LogP contribution is 2.12. The lowest BCUT2D eigenvalue weighted by Crippen LogP contribution is -2.04. The summed E-state index contributed by atoms with van der Waals surface area (Å²) in [6, 6.07) is 5.71. The Balaban J connectivity index is 2.55. The van der Waals surface area contributed by atoms with E-state index in [0.717, 1.165) is 0 Å². The van der Waals surface area contributed by atoms with Gasteiger partial charge in [0.05, 0.1) is 12.0 Å². The second-order valence-electron chi connectivity index (χ2n) is 3.26. The van der Waals surface area contributed by atoms with E-state index in [2.05, 4.69) is 4.99 Å². The maximum atomic E-state index is 11.3. The lowest BCUT2D eigenvalue weighted by molar-refractivity contribution is -0.384. The molecular formula is C11H12N2O5S. The molecule has 0 aliphatic carbocycles. The Labute approximate surface area is 113 Å². The number of benzene rings is 1. The predicted octanol–water partition coefficient (Wildman–Crippen LogP) is 2.60. The monoisotopic (exact) mass is 284 g/mol. The van der Waals surface area contributed by atoms with Crippen LogP contribution in [0.5, 0.6) is 0 Å². The number of thioether (sulfide) groups is 1. The van der Waals surface area contributed by atoms with Crippen LogP contribution in [0, 0.1) is 10.1 Å². The van der Waals surface area contributed by atoms with Gasteiger partial charge in [-0.25, -0.2) is 4.79 Å². The number of nitro benzene ring substituents is 1. The largest absolute Gasteiger partial charge is 0.476 e. The number of methoxy groups -OCH3 is 1. The molecule has 1 aromatic rings. The van der Waals surface area contributed by atoms with E-state index in [1.807, 2.05) is 0 Å². The molecule has 0 N–H and O–H groups in total. The number of amides is 1. The molecule has 0 aromatic heterocycles. The highest BCUT2D eigenvalue weighted by Gasteiger charge is 2.07. The summed E-state index contributed by atoms with van der Waals surface area (Å²) in [6.45, 7) is -0.00823. The van der Waals surface area contributed by atoms with E-state index < -0.39 is 11.0 Å². The maximum Gasteiger partial charge on any atom is 0.437 e. The molecule has 0 saturated carbocycles. The van der Waals surface area contributed by atoms with E-state index in [-0.39, 0.29) is 17.5 Å². The lowest BCUT2D eigenvalue weighted by Gasteiger charge is -2.03. The van der Waals surface area contributed by atoms with Crippen LogP contribution in [0.1, 0.15) is 5.56 Å². The standard InChI is InChI=1S/C11H12N2O5S/c1-17-11(19-2)12-10(14)18-7-8-3-5-9(6-4-8)13(15)16/h3-6H,7H2,1-2H3. The van der Waals surface area contributed by atoms with E-state index in [1.165, 1.54) is 43.1 Å². The van der Waals surface area contributed by atoms with Crippen molar-refractivity contribution in [2.75, 3.05) is 13.4 Å². The zero-order valence-electron chi connectivity index (χ0n) is 10.4. The van der Waals surface area contributed by atoms with Crippen molar-refractivity contribution in [2.45, 2.75) is 6.61 Å². The van der Waals surface area contributed by atoms with Gasteiger partial charge in [-0.2, -0.15) is 0 Å². The molecule has 0 spiro atoms. The SMILES string of the molecule is COC(=NC(=O)OCc1ccc([N+](=O)[O-])cc1)SC. The van der Waals surface area contributed by atoms with E-state index in [4.69, 9.17) is 9.47 Å². The summed E-state index contributed by atoms with van der Waals surface area (Å²) in [5, 5.41) is 10.7. The van der Waals surface area contributed by atoms with Crippen LogP contribution in [0.15, 0.2) is 29.3 Å². The maximum absolute atomic E-state index is 11.3. The van der Waals surface area contributed by atoms with Gasteiger partial charge in [0, 0.05) is 12.1 Å². The highest BCUT2D eigenvalue weighted by molar-refractivity contribution is 8.13. The molecular weight excluding hydrogens is 272 g/mol. The van der Waals surface area contributed by atoms with Crippen LogP contribution in [0.3, 0.4) is 0 Å². The first-order chi connectivity index (χ1) is 9.06. The van der Waals surface area contributed by atoms with Gasteiger partial charge < -0.3 is 9.47 Å². The van der Waals surface area contributed by atoms with Crippen LogP contribution in [-0.4, -0.2) is 29.6 Å². The van der Waals surface area contributed by atoms with Crippen molar-refractivity contribution in [3.05, 3.63) is 39.9 Å². The third-order valence-electron chi connectivity index (χ3n) is 2.04. The summed E-state index contributed by atoms with van der Waals surface area (Å²) < 4.78 is 9.67. The van der Waals surface area contributed by atoms with Gasteiger partial charge in [-0.05, 0) is 24.0 Å². The number of nitro groups is 1. The molecule has 0 bridgehead atoms. The van der Waals surface area contributed by atoms with Crippen molar-refractivity contribution >= 4 is 28.8 Å². The van der Waals surface area contributed by atoms with Gasteiger partial charge in [-0.1, -0.05) is 11.8 Å². The fourth-order valence-electron chi connectivity index (χ4n) is 1.14. The summed E-state index contributed by atoms with van der Waals surface area (Å²) in [6.07, 6.45) is 0.941. The molecule has 8 heteroatoms. The number of non-ortho nitro benzene ring substituents is 1. The van der Waals surface area contributed by atoms with Crippen LogP contribution < -0.4 is 0 Å². The number of carbonyl (C=O) groups is 1. The van der Waals surface area contributed by atoms with Crippen LogP contribution in [0.2, 0.25) is 0 Å². The molecule has 0 heterocycles. The van der Waals surface area contributed by atoms with Gasteiger partial charge in [0.1, 0.15) is 6.61 Å². The van der Waals surface area contributed by atoms with Crippen molar-refractivity contribution in [2.24, 2.45) is 4.99 Å². The number of rotatable bonds is 3. The Hall–Kier alpha value is -2.09. The van der Waals surface area contributed by atoms with E-state index in [9.17, 15) is 14.9 Å². The van der Waals surface area contributed by atoms with Crippen molar-refractivity contribution in [1.29, 1.82) is 0 Å². The number of nitrogens with zero attached hydrogens (tertiary/aromatic N) is 2. The fraction of sp³-hybridized carbons (Fsp3) is 0.273. The quantitative estimate of drug-likeness (QED) is 0.366. The molecule has 1 rings (SSSR count). The predicted molar refractivity (Wildman–Crippen MR) is 71.2 cm³/mol. The normalized spacial score (nSPS) is 10.9. The number of hydrogen-bond acceptors (Lipinski definition) is 6. The zero-order valence-corrected chi connectivity index (χ0v) is 11.2. The number of carbonyl (C=O) groups excluding carboxylic acids is 1. The van der Waals surface area contributed by atoms with Gasteiger partial charge >= 0.3 is 6.09 Å². The Kier molecular flexibility index (Phi) is 5.80. The number of aliphatic imine (C=N–C) groups is 1. The Morgan fingerprint density at radius 3 is 2.53 bits per heavy atom. The number of ether oxygens (including phenoxy) is 2. The highest BCUT2D eigenvalue weighted by atomic mass is 32.2. The Morgan fingerprint density at radius 2 is 2.05 bits per heavy atom. The third kappa shape index (κ3) is 4.96. The molecule has 102 valence electrons. The Bertz CT molecular complexity index is 480. The first-order valence-corrected chi connectivity index (χ1v) is 6.36. The Morgan fingerprint density at radius 1 is 1.42 bits per heavy atom. The van der Waals surface area contributed by atoms with E-state index in [1.54, 1.807) is 6.26 Å². The third-order valence-corrected chi connectivity index (χ3v) is 2.65. The molecule has 0 unspecified atom stereocenters. The van der Waals surface area contributed by atoms with Crippen molar-refractivity contribution in [1.82, 2.24) is 0 Å². The minimum Gasteiger partial charge on any atom is -0.476 e. The molecule has 1 aromatic carbocycles. The van der Waals surface area contributed by atoms with Crippen LogP contribution in [-0.2, 0) is 16.1 Å². The molecule has 7 nitrogen and oxygen atoms in total.